The molecule has 0 bridgehead atoms. The van der Waals surface area contributed by atoms with Gasteiger partial charge in [-0.25, -0.2) is 26.6 Å². The van der Waals surface area contributed by atoms with Crippen LogP contribution in [0.5, 0.6) is 0 Å². The summed E-state index contributed by atoms with van der Waals surface area (Å²) >= 11 is 1.43. The van der Waals surface area contributed by atoms with E-state index in [-0.39, 0.29) is 31.3 Å². The van der Waals surface area contributed by atoms with E-state index in [0.717, 1.165) is 11.1 Å². The molecule has 44 heavy (non-hydrogen) atoms. The molecule has 0 aliphatic carbocycles. The first-order valence-corrected chi connectivity index (χ1v) is 14.3. The van der Waals surface area contributed by atoms with Crippen molar-refractivity contribution in [2.45, 2.75) is 43.7 Å². The number of hydrogen-bond donors (Lipinski definition) is 2. The van der Waals surface area contributed by atoms with Crippen LogP contribution >= 0.6 is 11.8 Å². The van der Waals surface area contributed by atoms with Gasteiger partial charge in [-0.1, -0.05) is 67.2 Å². The van der Waals surface area contributed by atoms with Gasteiger partial charge < -0.3 is 19.9 Å². The minimum atomic E-state index is -2.34. The molecule has 1 saturated heterocycles. The number of aliphatic hydroxyl groups excluding tert-OH is 1. The van der Waals surface area contributed by atoms with E-state index >= 15 is 0 Å². The van der Waals surface area contributed by atoms with Crippen molar-refractivity contribution in [3.63, 3.8) is 0 Å². The van der Waals surface area contributed by atoms with Gasteiger partial charge >= 0.3 is 0 Å². The molecular formula is C29H26F5N5O4S. The minimum Gasteiger partial charge on any atom is -0.392 e. The summed E-state index contributed by atoms with van der Waals surface area (Å²) in [6.45, 7) is 1.66. The molecule has 15 heteroatoms. The normalized spacial score (nSPS) is 20.1. The molecule has 1 aliphatic rings. The van der Waals surface area contributed by atoms with Gasteiger partial charge in [-0.05, 0) is 27.1 Å². The number of hydrogen-bond acceptors (Lipinski definition) is 8. The average molecular weight is 636 g/mol. The lowest BCUT2D eigenvalue weighted by Gasteiger charge is -2.41. The first kappa shape index (κ1) is 31.5. The Balaban J connectivity index is 1.31. The second-order valence-corrected chi connectivity index (χ2v) is 11.1. The number of amides is 1. The Labute approximate surface area is 252 Å². The molecule has 1 aliphatic heterocycles. The summed E-state index contributed by atoms with van der Waals surface area (Å²) in [6, 6.07) is 14.0. The van der Waals surface area contributed by atoms with Crippen LogP contribution in [-0.2, 0) is 29.7 Å². The zero-order valence-corrected chi connectivity index (χ0v) is 24.1. The van der Waals surface area contributed by atoms with Gasteiger partial charge in [0.2, 0.25) is 11.0 Å². The molecule has 2 heterocycles. The van der Waals surface area contributed by atoms with Gasteiger partial charge in [-0.15, -0.1) is 5.10 Å². The van der Waals surface area contributed by atoms with Crippen LogP contribution in [0.25, 0.3) is 0 Å². The Bertz CT molecular complexity index is 1610. The number of tetrazole rings is 1. The number of aliphatic hydroxyl groups is 1. The van der Waals surface area contributed by atoms with Gasteiger partial charge in [-0.3, -0.25) is 4.79 Å². The zero-order valence-electron chi connectivity index (χ0n) is 23.3. The van der Waals surface area contributed by atoms with Crippen molar-refractivity contribution in [2.24, 2.45) is 13.0 Å². The lowest BCUT2D eigenvalue weighted by molar-refractivity contribution is -0.268. The Kier molecular flexibility index (Phi) is 9.58. The van der Waals surface area contributed by atoms with Gasteiger partial charge in [-0.2, -0.15) is 0 Å². The molecule has 4 aromatic rings. The van der Waals surface area contributed by atoms with Crippen molar-refractivity contribution in [1.82, 2.24) is 25.5 Å². The quantitative estimate of drug-likeness (QED) is 0.116. The van der Waals surface area contributed by atoms with Crippen LogP contribution in [0.2, 0.25) is 0 Å². The van der Waals surface area contributed by atoms with Crippen LogP contribution < -0.4 is 5.32 Å². The number of rotatable bonds is 9. The second kappa shape index (κ2) is 13.4. The number of benzene rings is 3. The predicted octanol–water partition coefficient (Wildman–Crippen LogP) is 4.91. The number of ether oxygens (including phenoxy) is 2. The summed E-state index contributed by atoms with van der Waals surface area (Å²) in [4.78, 5) is 12.3. The molecule has 1 fully saturated rings. The van der Waals surface area contributed by atoms with E-state index in [1.54, 1.807) is 36.0 Å². The smallest absolute Gasteiger partial charge is 0.257 e. The van der Waals surface area contributed by atoms with Gasteiger partial charge in [0, 0.05) is 30.8 Å². The highest BCUT2D eigenvalue weighted by Crippen LogP contribution is 2.42. The number of halogens is 5. The molecule has 0 saturated carbocycles. The monoisotopic (exact) mass is 635 g/mol. The van der Waals surface area contributed by atoms with Crippen molar-refractivity contribution >= 4 is 17.7 Å². The minimum absolute atomic E-state index is 0.0867. The number of carbonyl (C=O) groups is 1. The summed E-state index contributed by atoms with van der Waals surface area (Å²) in [5.74, 6) is -12.2. The number of carbonyl (C=O) groups excluding carboxylic acids is 1. The fourth-order valence-electron chi connectivity index (χ4n) is 4.68. The van der Waals surface area contributed by atoms with Crippen LogP contribution in [0.1, 0.15) is 51.9 Å². The maximum Gasteiger partial charge on any atom is 0.257 e. The van der Waals surface area contributed by atoms with E-state index in [1.165, 1.54) is 11.8 Å². The number of thioether (sulfide) groups is 1. The fraction of sp³-hybridized carbons (Fsp3) is 0.310. The van der Waals surface area contributed by atoms with Crippen LogP contribution in [-0.4, -0.2) is 43.1 Å². The third-order valence-corrected chi connectivity index (χ3v) is 8.32. The predicted molar refractivity (Wildman–Crippen MR) is 146 cm³/mol. The summed E-state index contributed by atoms with van der Waals surface area (Å²) in [6.07, 6.45) is -1.46. The van der Waals surface area contributed by atoms with Crippen molar-refractivity contribution in [2.75, 3.05) is 5.75 Å². The van der Waals surface area contributed by atoms with Crippen LogP contribution in [0, 0.1) is 35.0 Å². The van der Waals surface area contributed by atoms with E-state index < -0.39 is 46.8 Å². The summed E-state index contributed by atoms with van der Waals surface area (Å²) < 4.78 is 82.7. The lowest BCUT2D eigenvalue weighted by atomic mass is 9.91. The standard InChI is InChI=1S/C29H26F5N5O4S/c1-14-19(13-44-29-36-37-38-39(29)2)42-28(43-26(14)17-7-5-16(12-40)6-8-17)18-9-3-15(4-10-18)11-35-27(41)20-21(30)23(32)25(34)24(33)22(20)31/h3-10,14,19,26,28,40H,11-13H2,1-2H3,(H,35,41)/t14-,19+,26+,28+/m0/s1. The van der Waals surface area contributed by atoms with Crippen molar-refractivity contribution in [1.29, 1.82) is 0 Å². The molecule has 0 radical (unpaired) electrons. The van der Waals surface area contributed by atoms with E-state index in [9.17, 15) is 31.9 Å². The molecule has 2 N–H and O–H groups in total. The van der Waals surface area contributed by atoms with Gasteiger partial charge in [0.25, 0.3) is 5.91 Å². The molecule has 232 valence electrons. The third-order valence-electron chi connectivity index (χ3n) is 7.22. The van der Waals surface area contributed by atoms with Gasteiger partial charge in [0.1, 0.15) is 5.56 Å². The maximum absolute atomic E-state index is 14.0. The fourth-order valence-corrected chi connectivity index (χ4v) is 5.69. The van der Waals surface area contributed by atoms with Crippen LogP contribution in [0.4, 0.5) is 22.0 Å². The van der Waals surface area contributed by atoms with Crippen LogP contribution in [0.3, 0.4) is 0 Å². The van der Waals surface area contributed by atoms with Crippen molar-refractivity contribution < 1.29 is 41.3 Å². The average Bonchev–Trinajstić information content (AvgIpc) is 3.46. The van der Waals surface area contributed by atoms with Crippen molar-refractivity contribution in [3.05, 3.63) is 105 Å². The molecule has 0 unspecified atom stereocenters. The molecule has 3 aromatic carbocycles. The Hall–Kier alpha value is -3.92. The van der Waals surface area contributed by atoms with E-state index in [2.05, 4.69) is 20.8 Å². The highest BCUT2D eigenvalue weighted by atomic mass is 32.2. The topological polar surface area (TPSA) is 111 Å². The third kappa shape index (κ3) is 6.45. The Morgan fingerprint density at radius 1 is 0.909 bits per heavy atom. The Morgan fingerprint density at radius 3 is 2.09 bits per heavy atom. The molecular weight excluding hydrogens is 609 g/mol. The first-order valence-electron chi connectivity index (χ1n) is 13.3. The van der Waals surface area contributed by atoms with Crippen molar-refractivity contribution in [3.8, 4) is 0 Å². The van der Waals surface area contributed by atoms with E-state index in [1.807, 2.05) is 31.2 Å². The molecule has 1 amide bonds. The first-order chi connectivity index (χ1) is 21.1. The van der Waals surface area contributed by atoms with E-state index in [0.29, 0.717) is 22.0 Å². The van der Waals surface area contributed by atoms with Crippen LogP contribution in [0.15, 0.2) is 53.7 Å². The highest BCUT2D eigenvalue weighted by Gasteiger charge is 2.38. The number of nitrogens with zero attached hydrogens (tertiary/aromatic N) is 4. The summed E-state index contributed by atoms with van der Waals surface area (Å²) in [5, 5.41) is 23.8. The lowest BCUT2D eigenvalue weighted by Crippen LogP contribution is -2.38. The number of aromatic nitrogens is 4. The number of nitrogens with one attached hydrogen (secondary N) is 1. The van der Waals surface area contributed by atoms with E-state index in [4.69, 9.17) is 9.47 Å². The summed E-state index contributed by atoms with van der Waals surface area (Å²) in [5.41, 5.74) is 1.21. The molecule has 1 aromatic heterocycles. The maximum atomic E-state index is 14.0. The second-order valence-electron chi connectivity index (χ2n) is 10.1. The highest BCUT2D eigenvalue weighted by molar-refractivity contribution is 7.99. The Morgan fingerprint density at radius 2 is 1.50 bits per heavy atom. The SMILES string of the molecule is C[C@H]1[C@@H](CSc2nnnn2C)O[C@@H](c2ccc(CNC(=O)c3c(F)c(F)c(F)c(F)c3F)cc2)O[C@H]1c1ccc(CO)cc1. The molecule has 4 atom stereocenters. The van der Waals surface area contributed by atoms with Gasteiger partial charge in [0.15, 0.2) is 29.6 Å². The zero-order chi connectivity index (χ0) is 31.5. The summed E-state index contributed by atoms with van der Waals surface area (Å²) in [7, 11) is 1.73. The molecule has 5 rings (SSSR count). The number of aryl methyl sites for hydroxylation is 1. The molecule has 0 spiro atoms. The van der Waals surface area contributed by atoms with Gasteiger partial charge in [0.05, 0.1) is 18.8 Å². The largest absolute Gasteiger partial charge is 0.392 e. The molecule has 9 nitrogen and oxygen atoms in total.